The molecule has 0 saturated carbocycles. The summed E-state index contributed by atoms with van der Waals surface area (Å²) in [4.78, 5) is 24.5. The van der Waals surface area contributed by atoms with E-state index >= 15 is 0 Å². The van der Waals surface area contributed by atoms with E-state index in [4.69, 9.17) is 0 Å². The number of nitro benzene ring substituents is 1. The first-order valence-electron chi connectivity index (χ1n) is 8.58. The van der Waals surface area contributed by atoms with E-state index in [1.165, 1.54) is 57.0 Å². The minimum absolute atomic E-state index is 0.0232. The van der Waals surface area contributed by atoms with Gasteiger partial charge in [-0.25, -0.2) is 0 Å². The Kier molecular flexibility index (Phi) is 7.42. The second kappa shape index (κ2) is 9.82. The van der Waals surface area contributed by atoms with Gasteiger partial charge < -0.3 is 10.2 Å². The number of carbonyl (C=O) groups excluding carboxylic acids is 1. The molecule has 6 nitrogen and oxygen atoms in total. The number of nitrogens with one attached hydrogen (secondary N) is 1. The number of benzene rings is 1. The van der Waals surface area contributed by atoms with Gasteiger partial charge in [0.1, 0.15) is 0 Å². The Morgan fingerprint density at radius 3 is 2.71 bits per heavy atom. The fraction of sp³-hybridized carbons (Fsp3) is 0.500. The molecule has 0 bridgehead atoms. The molecule has 1 saturated heterocycles. The zero-order chi connectivity index (χ0) is 17.2. The van der Waals surface area contributed by atoms with Gasteiger partial charge in [-0.2, -0.15) is 0 Å². The Labute approximate surface area is 142 Å². The summed E-state index contributed by atoms with van der Waals surface area (Å²) in [5.74, 6) is -0.169. The zero-order valence-electron chi connectivity index (χ0n) is 13.9. The van der Waals surface area contributed by atoms with Gasteiger partial charge in [-0.1, -0.05) is 25.0 Å². The summed E-state index contributed by atoms with van der Waals surface area (Å²) in [5, 5.41) is 13.6. The van der Waals surface area contributed by atoms with Crippen LogP contribution >= 0.6 is 0 Å². The molecule has 130 valence electrons. The van der Waals surface area contributed by atoms with Crippen molar-refractivity contribution in [2.24, 2.45) is 0 Å². The molecular formula is C18H25N3O3. The normalized spacial score (nSPS) is 16.0. The summed E-state index contributed by atoms with van der Waals surface area (Å²) in [7, 11) is 0. The van der Waals surface area contributed by atoms with Crippen molar-refractivity contribution in [1.82, 2.24) is 10.2 Å². The summed E-state index contributed by atoms with van der Waals surface area (Å²) in [5.41, 5.74) is 0.666. The lowest BCUT2D eigenvalue weighted by Gasteiger charge is -2.19. The molecule has 1 aliphatic rings. The number of nitro groups is 1. The molecule has 6 heteroatoms. The average molecular weight is 331 g/mol. The molecule has 0 atom stereocenters. The smallest absolute Gasteiger partial charge is 0.270 e. The molecule has 1 heterocycles. The largest absolute Gasteiger partial charge is 0.353 e. The second-order valence-electron chi connectivity index (χ2n) is 6.09. The van der Waals surface area contributed by atoms with Crippen molar-refractivity contribution in [3.63, 3.8) is 0 Å². The first-order chi connectivity index (χ1) is 11.6. The number of hydrogen-bond acceptors (Lipinski definition) is 4. The van der Waals surface area contributed by atoms with Gasteiger partial charge in [-0.15, -0.1) is 0 Å². The van der Waals surface area contributed by atoms with Crippen LogP contribution in [0.15, 0.2) is 30.3 Å². The standard InChI is InChI=1S/C18H25N3O3/c22-18(10-9-16-7-5-8-17(15-16)21(23)24)19-11-6-14-20-12-3-1-2-4-13-20/h5,7-10,15H,1-4,6,11-14H2,(H,19,22)/b10-9+. The van der Waals surface area contributed by atoms with E-state index in [-0.39, 0.29) is 11.6 Å². The zero-order valence-corrected chi connectivity index (χ0v) is 13.9. The maximum Gasteiger partial charge on any atom is 0.270 e. The molecule has 0 spiro atoms. The van der Waals surface area contributed by atoms with Crippen molar-refractivity contribution < 1.29 is 9.72 Å². The molecule has 1 aromatic carbocycles. The number of nitrogens with zero attached hydrogens (tertiary/aromatic N) is 2. The van der Waals surface area contributed by atoms with Crippen LogP contribution in [-0.2, 0) is 4.79 Å². The highest BCUT2D eigenvalue weighted by Crippen LogP contribution is 2.14. The number of non-ortho nitro benzene ring substituents is 1. The van der Waals surface area contributed by atoms with Gasteiger partial charge in [0.05, 0.1) is 4.92 Å². The third kappa shape index (κ3) is 6.50. The Morgan fingerprint density at radius 2 is 2.00 bits per heavy atom. The Morgan fingerprint density at radius 1 is 1.25 bits per heavy atom. The van der Waals surface area contributed by atoms with Crippen molar-refractivity contribution in [2.45, 2.75) is 32.1 Å². The van der Waals surface area contributed by atoms with Crippen LogP contribution in [0.4, 0.5) is 5.69 Å². The van der Waals surface area contributed by atoms with E-state index in [1.54, 1.807) is 18.2 Å². The second-order valence-corrected chi connectivity index (χ2v) is 6.09. The van der Waals surface area contributed by atoms with Gasteiger partial charge in [0, 0.05) is 24.8 Å². The van der Waals surface area contributed by atoms with Gasteiger partial charge in [0.25, 0.3) is 5.69 Å². The highest BCUT2D eigenvalue weighted by molar-refractivity contribution is 5.91. The predicted octanol–water partition coefficient (Wildman–Crippen LogP) is 2.99. The van der Waals surface area contributed by atoms with Crippen LogP contribution in [0.1, 0.15) is 37.7 Å². The van der Waals surface area contributed by atoms with Crippen molar-refractivity contribution in [3.05, 3.63) is 46.0 Å². The highest BCUT2D eigenvalue weighted by Gasteiger charge is 2.08. The molecule has 0 aromatic heterocycles. The molecule has 0 unspecified atom stereocenters. The number of rotatable bonds is 7. The van der Waals surface area contributed by atoms with Gasteiger partial charge >= 0.3 is 0 Å². The SMILES string of the molecule is O=C(/C=C/c1cccc([N+](=O)[O-])c1)NCCCN1CCCCCC1. The molecule has 1 fully saturated rings. The molecular weight excluding hydrogens is 306 g/mol. The summed E-state index contributed by atoms with van der Waals surface area (Å²) < 4.78 is 0. The number of amides is 1. The van der Waals surface area contributed by atoms with Crippen LogP contribution in [0.5, 0.6) is 0 Å². The van der Waals surface area contributed by atoms with Gasteiger partial charge in [0.2, 0.25) is 5.91 Å². The van der Waals surface area contributed by atoms with Crippen LogP contribution < -0.4 is 5.32 Å². The lowest BCUT2D eigenvalue weighted by atomic mass is 10.2. The third-order valence-corrected chi connectivity index (χ3v) is 4.16. The molecule has 2 rings (SSSR count). The monoisotopic (exact) mass is 331 g/mol. The van der Waals surface area contributed by atoms with Crippen LogP contribution in [0, 0.1) is 10.1 Å². The molecule has 1 aliphatic heterocycles. The van der Waals surface area contributed by atoms with Crippen LogP contribution in [-0.4, -0.2) is 41.9 Å². The first kappa shape index (κ1) is 18.1. The maximum atomic E-state index is 11.8. The fourth-order valence-electron chi connectivity index (χ4n) is 2.85. The van der Waals surface area contributed by atoms with E-state index in [1.807, 2.05) is 0 Å². The van der Waals surface area contributed by atoms with Crippen molar-refractivity contribution in [3.8, 4) is 0 Å². The van der Waals surface area contributed by atoms with Crippen molar-refractivity contribution >= 4 is 17.7 Å². The van der Waals surface area contributed by atoms with Gasteiger partial charge in [-0.05, 0) is 50.5 Å². The number of carbonyl (C=O) groups is 1. The third-order valence-electron chi connectivity index (χ3n) is 4.16. The minimum atomic E-state index is -0.444. The Hall–Kier alpha value is -2.21. The minimum Gasteiger partial charge on any atom is -0.353 e. The number of likely N-dealkylation sites (tertiary alicyclic amines) is 1. The summed E-state index contributed by atoms with van der Waals surface area (Å²) >= 11 is 0. The van der Waals surface area contributed by atoms with Crippen molar-refractivity contribution in [1.29, 1.82) is 0 Å². The molecule has 1 amide bonds. The molecule has 0 aliphatic carbocycles. The summed E-state index contributed by atoms with van der Waals surface area (Å²) in [6.07, 6.45) is 9.17. The first-order valence-corrected chi connectivity index (χ1v) is 8.58. The average Bonchev–Trinajstić information content (AvgIpc) is 2.86. The topological polar surface area (TPSA) is 75.5 Å². The predicted molar refractivity (Wildman–Crippen MR) is 94.7 cm³/mol. The summed E-state index contributed by atoms with van der Waals surface area (Å²) in [6.45, 7) is 4.00. The number of hydrogen-bond donors (Lipinski definition) is 1. The lowest BCUT2D eigenvalue weighted by Crippen LogP contribution is -2.30. The molecule has 1 aromatic rings. The summed E-state index contributed by atoms with van der Waals surface area (Å²) in [6, 6.07) is 6.22. The lowest BCUT2D eigenvalue weighted by molar-refractivity contribution is -0.384. The molecule has 24 heavy (non-hydrogen) atoms. The fourth-order valence-corrected chi connectivity index (χ4v) is 2.85. The van der Waals surface area contributed by atoms with E-state index < -0.39 is 4.92 Å². The Bertz CT molecular complexity index is 579. The van der Waals surface area contributed by atoms with Gasteiger partial charge in [-0.3, -0.25) is 14.9 Å². The molecule has 0 radical (unpaired) electrons. The van der Waals surface area contributed by atoms with E-state index in [0.29, 0.717) is 12.1 Å². The maximum absolute atomic E-state index is 11.8. The Balaban J connectivity index is 1.69. The van der Waals surface area contributed by atoms with Crippen molar-refractivity contribution in [2.75, 3.05) is 26.2 Å². The van der Waals surface area contributed by atoms with Crippen LogP contribution in [0.25, 0.3) is 6.08 Å². The quantitative estimate of drug-likeness (QED) is 0.361. The van der Waals surface area contributed by atoms with E-state index in [2.05, 4.69) is 10.2 Å². The highest BCUT2D eigenvalue weighted by atomic mass is 16.6. The van der Waals surface area contributed by atoms with Crippen LogP contribution in [0.2, 0.25) is 0 Å². The molecule has 1 N–H and O–H groups in total. The van der Waals surface area contributed by atoms with E-state index in [9.17, 15) is 14.9 Å². The van der Waals surface area contributed by atoms with Crippen LogP contribution in [0.3, 0.4) is 0 Å². The van der Waals surface area contributed by atoms with Gasteiger partial charge in [0.15, 0.2) is 0 Å². The van der Waals surface area contributed by atoms with E-state index in [0.717, 1.165) is 13.0 Å².